The van der Waals surface area contributed by atoms with Crippen LogP contribution < -0.4 is 10.1 Å². The second-order valence-corrected chi connectivity index (χ2v) is 7.30. The maximum absolute atomic E-state index is 12.7. The second-order valence-electron chi connectivity index (χ2n) is 7.30. The van der Waals surface area contributed by atoms with E-state index in [9.17, 15) is 14.4 Å². The molecule has 2 aromatic carbocycles. The average molecular weight is 440 g/mol. The predicted octanol–water partition coefficient (Wildman–Crippen LogP) is 3.84. The van der Waals surface area contributed by atoms with Crippen molar-refractivity contribution >= 4 is 23.5 Å². The fourth-order valence-corrected chi connectivity index (χ4v) is 3.39. The van der Waals surface area contributed by atoms with Crippen molar-refractivity contribution in [3.63, 3.8) is 0 Å². The highest BCUT2D eigenvalue weighted by molar-refractivity contribution is 6.16. The molecule has 0 aliphatic carbocycles. The summed E-state index contributed by atoms with van der Waals surface area (Å²) in [7, 11) is 1.83. The molecule has 9 heteroatoms. The van der Waals surface area contributed by atoms with Crippen LogP contribution in [0.4, 0.5) is 5.69 Å². The molecule has 0 bridgehead atoms. The van der Waals surface area contributed by atoms with Gasteiger partial charge < -0.3 is 14.8 Å². The quantitative estimate of drug-likeness (QED) is 0.371. The number of nitrogens with zero attached hydrogens (tertiary/aromatic N) is 3. The molecule has 33 heavy (non-hydrogen) atoms. The standard InChI is InChI=1S/C24H16N4O5/c1-28-13-15(12-26-28)21-11-18(7-8-25-21)32-17-4-2-3-16(10-17)27-22(29)14-5-6-19-20(9-14)24(31)33-23(19)30/h2-13H,1H3,(H,27,29). The van der Waals surface area contributed by atoms with Crippen LogP contribution in [0.5, 0.6) is 11.5 Å². The van der Waals surface area contributed by atoms with E-state index < -0.39 is 17.8 Å². The molecular formula is C24H16N4O5. The summed E-state index contributed by atoms with van der Waals surface area (Å²) in [4.78, 5) is 40.3. The fraction of sp³-hybridized carbons (Fsp3) is 0.0417. The Balaban J connectivity index is 1.32. The Morgan fingerprint density at radius 3 is 2.64 bits per heavy atom. The summed E-state index contributed by atoms with van der Waals surface area (Å²) in [5, 5.41) is 6.91. The van der Waals surface area contributed by atoms with Crippen molar-refractivity contribution in [3.05, 3.63) is 89.9 Å². The molecule has 1 N–H and O–H groups in total. The molecule has 1 aliphatic rings. The number of rotatable bonds is 5. The Morgan fingerprint density at radius 2 is 1.82 bits per heavy atom. The molecule has 0 saturated heterocycles. The van der Waals surface area contributed by atoms with Crippen LogP contribution >= 0.6 is 0 Å². The number of anilines is 1. The van der Waals surface area contributed by atoms with Gasteiger partial charge in [-0.15, -0.1) is 0 Å². The number of nitrogens with one attached hydrogen (secondary N) is 1. The van der Waals surface area contributed by atoms with E-state index in [4.69, 9.17) is 4.74 Å². The summed E-state index contributed by atoms with van der Waals surface area (Å²) >= 11 is 0. The number of cyclic esters (lactones) is 2. The zero-order valence-corrected chi connectivity index (χ0v) is 17.3. The van der Waals surface area contributed by atoms with E-state index in [2.05, 4.69) is 20.1 Å². The van der Waals surface area contributed by atoms with Gasteiger partial charge in [0, 0.05) is 48.4 Å². The zero-order valence-electron chi connectivity index (χ0n) is 17.3. The number of ether oxygens (including phenoxy) is 2. The first-order chi connectivity index (χ1) is 16.0. The minimum atomic E-state index is -0.761. The lowest BCUT2D eigenvalue weighted by atomic mass is 10.1. The van der Waals surface area contributed by atoms with E-state index in [1.807, 2.05) is 13.2 Å². The maximum atomic E-state index is 12.7. The first kappa shape index (κ1) is 20.1. The highest BCUT2D eigenvalue weighted by Gasteiger charge is 2.30. The number of pyridine rings is 1. The molecular weight excluding hydrogens is 424 g/mol. The fourth-order valence-electron chi connectivity index (χ4n) is 3.39. The van der Waals surface area contributed by atoms with Crippen molar-refractivity contribution in [1.82, 2.24) is 14.8 Å². The Kier molecular flexibility index (Phi) is 4.91. The van der Waals surface area contributed by atoms with E-state index in [0.717, 1.165) is 11.3 Å². The third-order valence-electron chi connectivity index (χ3n) is 4.97. The van der Waals surface area contributed by atoms with Crippen molar-refractivity contribution in [2.45, 2.75) is 0 Å². The van der Waals surface area contributed by atoms with Crippen LogP contribution in [0.3, 0.4) is 0 Å². The summed E-state index contributed by atoms with van der Waals surface area (Å²) in [5.41, 5.74) is 2.53. The van der Waals surface area contributed by atoms with Gasteiger partial charge in [-0.3, -0.25) is 14.5 Å². The van der Waals surface area contributed by atoms with Crippen LogP contribution in [0.1, 0.15) is 31.1 Å². The Bertz CT molecular complexity index is 1430. The van der Waals surface area contributed by atoms with E-state index in [1.165, 1.54) is 18.2 Å². The summed E-state index contributed by atoms with van der Waals surface area (Å²) in [6.07, 6.45) is 5.22. The van der Waals surface area contributed by atoms with Gasteiger partial charge in [0.15, 0.2) is 0 Å². The number of fused-ring (bicyclic) bond motifs is 1. The van der Waals surface area contributed by atoms with Crippen LogP contribution in [0.15, 0.2) is 73.2 Å². The Labute approximate surface area is 187 Å². The first-order valence-electron chi connectivity index (χ1n) is 9.91. The summed E-state index contributed by atoms with van der Waals surface area (Å²) in [5.74, 6) is -0.823. The molecule has 3 heterocycles. The van der Waals surface area contributed by atoms with Crippen molar-refractivity contribution in [2.24, 2.45) is 7.05 Å². The number of aromatic nitrogens is 3. The predicted molar refractivity (Wildman–Crippen MR) is 117 cm³/mol. The monoisotopic (exact) mass is 440 g/mol. The molecule has 0 atom stereocenters. The molecule has 1 amide bonds. The molecule has 1 aliphatic heterocycles. The van der Waals surface area contributed by atoms with Gasteiger partial charge in [-0.1, -0.05) is 6.07 Å². The Morgan fingerprint density at radius 1 is 1.00 bits per heavy atom. The van der Waals surface area contributed by atoms with Crippen LogP contribution in [-0.4, -0.2) is 32.6 Å². The van der Waals surface area contributed by atoms with Crippen LogP contribution in [0, 0.1) is 0 Å². The normalized spacial score (nSPS) is 12.3. The Hall–Kier alpha value is -4.79. The van der Waals surface area contributed by atoms with Crippen molar-refractivity contribution in [1.29, 1.82) is 0 Å². The summed E-state index contributed by atoms with van der Waals surface area (Å²) < 4.78 is 12.2. The molecule has 4 aromatic rings. The van der Waals surface area contributed by atoms with Gasteiger partial charge in [0.25, 0.3) is 5.91 Å². The third-order valence-corrected chi connectivity index (χ3v) is 4.97. The molecule has 0 saturated carbocycles. The highest BCUT2D eigenvalue weighted by atomic mass is 16.6. The average Bonchev–Trinajstić information content (AvgIpc) is 3.37. The molecule has 0 radical (unpaired) electrons. The number of aryl methyl sites for hydroxylation is 1. The minimum Gasteiger partial charge on any atom is -0.457 e. The number of hydrogen-bond acceptors (Lipinski definition) is 7. The molecule has 5 rings (SSSR count). The number of esters is 2. The zero-order chi connectivity index (χ0) is 22.9. The summed E-state index contributed by atoms with van der Waals surface area (Å²) in [6, 6.07) is 14.6. The van der Waals surface area contributed by atoms with Crippen molar-refractivity contribution in [2.75, 3.05) is 5.32 Å². The topological polar surface area (TPSA) is 112 Å². The molecule has 9 nitrogen and oxygen atoms in total. The van der Waals surface area contributed by atoms with Gasteiger partial charge in [0.05, 0.1) is 23.0 Å². The number of benzene rings is 2. The van der Waals surface area contributed by atoms with Crippen LogP contribution in [0.25, 0.3) is 11.3 Å². The number of carbonyl (C=O) groups is 3. The maximum Gasteiger partial charge on any atom is 0.346 e. The van der Waals surface area contributed by atoms with Crippen molar-refractivity contribution < 1.29 is 23.9 Å². The number of amides is 1. The molecule has 2 aromatic heterocycles. The van der Waals surface area contributed by atoms with Gasteiger partial charge in [-0.25, -0.2) is 9.59 Å². The van der Waals surface area contributed by atoms with Gasteiger partial charge in [-0.05, 0) is 36.4 Å². The molecule has 0 spiro atoms. The van der Waals surface area contributed by atoms with Gasteiger partial charge in [-0.2, -0.15) is 5.10 Å². The molecule has 0 fully saturated rings. The van der Waals surface area contributed by atoms with Gasteiger partial charge >= 0.3 is 11.9 Å². The van der Waals surface area contributed by atoms with Crippen LogP contribution in [-0.2, 0) is 11.8 Å². The largest absolute Gasteiger partial charge is 0.457 e. The van der Waals surface area contributed by atoms with E-state index in [0.29, 0.717) is 17.2 Å². The lowest BCUT2D eigenvalue weighted by Crippen LogP contribution is -2.12. The third kappa shape index (κ3) is 4.07. The van der Waals surface area contributed by atoms with Gasteiger partial charge in [0.1, 0.15) is 11.5 Å². The van der Waals surface area contributed by atoms with E-state index in [1.54, 1.807) is 53.5 Å². The van der Waals surface area contributed by atoms with Crippen molar-refractivity contribution in [3.8, 4) is 22.8 Å². The lowest BCUT2D eigenvalue weighted by Gasteiger charge is -2.10. The van der Waals surface area contributed by atoms with E-state index in [-0.39, 0.29) is 16.7 Å². The lowest BCUT2D eigenvalue weighted by molar-refractivity contribution is 0.0443. The minimum absolute atomic E-state index is 0.0758. The molecule has 162 valence electrons. The highest BCUT2D eigenvalue weighted by Crippen LogP contribution is 2.28. The SMILES string of the molecule is Cn1cc(-c2cc(Oc3cccc(NC(=O)c4ccc5c(c4)C(=O)OC5=O)c3)ccn2)cn1. The van der Waals surface area contributed by atoms with Gasteiger partial charge in [0.2, 0.25) is 0 Å². The number of carbonyl (C=O) groups excluding carboxylic acids is 3. The van der Waals surface area contributed by atoms with E-state index >= 15 is 0 Å². The molecule has 0 unspecified atom stereocenters. The second kappa shape index (κ2) is 8.04. The summed E-state index contributed by atoms with van der Waals surface area (Å²) in [6.45, 7) is 0. The number of hydrogen-bond donors (Lipinski definition) is 1. The first-order valence-corrected chi connectivity index (χ1v) is 9.91. The smallest absolute Gasteiger partial charge is 0.346 e. The van der Waals surface area contributed by atoms with Crippen LogP contribution in [0.2, 0.25) is 0 Å².